The molecular formula is C16H14Cl2N2O. The first-order valence-corrected chi connectivity index (χ1v) is 7.13. The maximum Gasteiger partial charge on any atom is 0.244 e. The standard InChI is InChI=1S/C16H14Cl2N2O/c1-11-2-4-12(5-3-11)8-16(21)20-19-10-13-6-7-14(17)9-15(13)18/h2-7,9-10H,8H2,1H3,(H,20,21)/b19-10+. The van der Waals surface area contributed by atoms with Crippen molar-refractivity contribution >= 4 is 35.3 Å². The number of rotatable bonds is 4. The van der Waals surface area contributed by atoms with Crippen LogP contribution in [0, 0.1) is 6.92 Å². The molecule has 2 rings (SSSR count). The number of hydrogen-bond donors (Lipinski definition) is 1. The molecule has 1 N–H and O–H groups in total. The monoisotopic (exact) mass is 320 g/mol. The van der Waals surface area contributed by atoms with E-state index >= 15 is 0 Å². The van der Waals surface area contributed by atoms with Crippen LogP contribution < -0.4 is 5.43 Å². The molecule has 108 valence electrons. The van der Waals surface area contributed by atoms with Crippen LogP contribution in [0.3, 0.4) is 0 Å². The van der Waals surface area contributed by atoms with Gasteiger partial charge in [0.1, 0.15) is 0 Å². The lowest BCUT2D eigenvalue weighted by Gasteiger charge is -2.02. The van der Waals surface area contributed by atoms with Gasteiger partial charge in [0.15, 0.2) is 0 Å². The first-order valence-electron chi connectivity index (χ1n) is 6.37. The normalized spacial score (nSPS) is 10.8. The topological polar surface area (TPSA) is 41.5 Å². The minimum atomic E-state index is -0.180. The van der Waals surface area contributed by atoms with Crippen LogP contribution in [0.4, 0.5) is 0 Å². The van der Waals surface area contributed by atoms with Crippen LogP contribution >= 0.6 is 23.2 Å². The van der Waals surface area contributed by atoms with Gasteiger partial charge in [-0.3, -0.25) is 4.79 Å². The Labute approximate surface area is 133 Å². The van der Waals surface area contributed by atoms with Gasteiger partial charge >= 0.3 is 0 Å². The number of carbonyl (C=O) groups excluding carboxylic acids is 1. The van der Waals surface area contributed by atoms with Crippen LogP contribution in [0.1, 0.15) is 16.7 Å². The first kappa shape index (κ1) is 15.5. The summed E-state index contributed by atoms with van der Waals surface area (Å²) >= 11 is 11.8. The lowest BCUT2D eigenvalue weighted by Crippen LogP contribution is -2.19. The van der Waals surface area contributed by atoms with E-state index in [1.165, 1.54) is 6.21 Å². The van der Waals surface area contributed by atoms with Crippen molar-refractivity contribution in [2.45, 2.75) is 13.3 Å². The molecule has 0 unspecified atom stereocenters. The Hall–Kier alpha value is -1.84. The summed E-state index contributed by atoms with van der Waals surface area (Å²) in [5.74, 6) is -0.180. The van der Waals surface area contributed by atoms with Crippen molar-refractivity contribution < 1.29 is 4.79 Å². The summed E-state index contributed by atoms with van der Waals surface area (Å²) < 4.78 is 0. The Kier molecular flexibility index (Phi) is 5.37. The second kappa shape index (κ2) is 7.25. The van der Waals surface area contributed by atoms with E-state index in [0.29, 0.717) is 15.6 Å². The van der Waals surface area contributed by atoms with Crippen molar-refractivity contribution in [2.75, 3.05) is 0 Å². The molecule has 0 aliphatic carbocycles. The van der Waals surface area contributed by atoms with Gasteiger partial charge in [-0.1, -0.05) is 59.1 Å². The minimum absolute atomic E-state index is 0.180. The Morgan fingerprint density at radius 2 is 1.90 bits per heavy atom. The van der Waals surface area contributed by atoms with Gasteiger partial charge in [0.2, 0.25) is 5.91 Å². The Morgan fingerprint density at radius 1 is 1.19 bits per heavy atom. The van der Waals surface area contributed by atoms with Gasteiger partial charge in [-0.25, -0.2) is 5.43 Å². The molecule has 0 aromatic heterocycles. The summed E-state index contributed by atoms with van der Waals surface area (Å²) in [6.45, 7) is 2.00. The van der Waals surface area contributed by atoms with Crippen molar-refractivity contribution in [3.8, 4) is 0 Å². The zero-order valence-corrected chi connectivity index (χ0v) is 12.9. The van der Waals surface area contributed by atoms with Gasteiger partial charge < -0.3 is 0 Å². The zero-order chi connectivity index (χ0) is 15.2. The molecular weight excluding hydrogens is 307 g/mol. The minimum Gasteiger partial charge on any atom is -0.273 e. The lowest BCUT2D eigenvalue weighted by molar-refractivity contribution is -0.120. The molecule has 5 heteroatoms. The molecule has 0 spiro atoms. The summed E-state index contributed by atoms with van der Waals surface area (Å²) in [7, 11) is 0. The van der Waals surface area contributed by atoms with Crippen LogP contribution in [0.15, 0.2) is 47.6 Å². The van der Waals surface area contributed by atoms with Crippen LogP contribution in [0.25, 0.3) is 0 Å². The van der Waals surface area contributed by atoms with E-state index in [9.17, 15) is 4.79 Å². The fourth-order valence-electron chi connectivity index (χ4n) is 1.71. The van der Waals surface area contributed by atoms with Crippen molar-refractivity contribution in [3.63, 3.8) is 0 Å². The van der Waals surface area contributed by atoms with Gasteiger partial charge in [0.25, 0.3) is 0 Å². The number of amides is 1. The molecule has 1 amide bonds. The van der Waals surface area contributed by atoms with E-state index in [1.54, 1.807) is 18.2 Å². The smallest absolute Gasteiger partial charge is 0.244 e. The van der Waals surface area contributed by atoms with Gasteiger partial charge in [-0.2, -0.15) is 5.10 Å². The SMILES string of the molecule is Cc1ccc(CC(=O)N/N=C/c2ccc(Cl)cc2Cl)cc1. The Morgan fingerprint density at radius 3 is 2.57 bits per heavy atom. The molecule has 0 saturated carbocycles. The van der Waals surface area contributed by atoms with Crippen molar-refractivity contribution in [3.05, 3.63) is 69.2 Å². The highest BCUT2D eigenvalue weighted by Gasteiger charge is 2.02. The molecule has 0 saturated heterocycles. The second-order valence-corrected chi connectivity index (χ2v) is 5.47. The van der Waals surface area contributed by atoms with E-state index in [2.05, 4.69) is 10.5 Å². The van der Waals surface area contributed by atoms with Crippen molar-refractivity contribution in [2.24, 2.45) is 5.10 Å². The largest absolute Gasteiger partial charge is 0.273 e. The molecule has 21 heavy (non-hydrogen) atoms. The lowest BCUT2D eigenvalue weighted by atomic mass is 10.1. The molecule has 0 heterocycles. The number of nitrogens with one attached hydrogen (secondary N) is 1. The van der Waals surface area contributed by atoms with Gasteiger partial charge in [-0.15, -0.1) is 0 Å². The van der Waals surface area contributed by atoms with Gasteiger partial charge in [-0.05, 0) is 24.6 Å². The Bertz CT molecular complexity index is 666. The zero-order valence-electron chi connectivity index (χ0n) is 11.4. The molecule has 0 bridgehead atoms. The van der Waals surface area contributed by atoms with E-state index in [1.807, 2.05) is 31.2 Å². The number of hydrazone groups is 1. The van der Waals surface area contributed by atoms with E-state index < -0.39 is 0 Å². The summed E-state index contributed by atoms with van der Waals surface area (Å²) in [5.41, 5.74) is 5.27. The third-order valence-corrected chi connectivity index (χ3v) is 3.40. The summed E-state index contributed by atoms with van der Waals surface area (Å²) in [6.07, 6.45) is 1.78. The number of carbonyl (C=O) groups is 1. The highest BCUT2D eigenvalue weighted by atomic mass is 35.5. The third kappa shape index (κ3) is 4.88. The van der Waals surface area contributed by atoms with Gasteiger partial charge in [0, 0.05) is 10.6 Å². The summed E-state index contributed by atoms with van der Waals surface area (Å²) in [4.78, 5) is 11.7. The quantitative estimate of drug-likeness (QED) is 0.671. The number of halogens is 2. The molecule has 0 radical (unpaired) electrons. The Balaban J connectivity index is 1.91. The van der Waals surface area contributed by atoms with Gasteiger partial charge in [0.05, 0.1) is 17.7 Å². The average Bonchev–Trinajstić information content (AvgIpc) is 2.44. The molecule has 3 nitrogen and oxygen atoms in total. The van der Waals surface area contributed by atoms with Crippen LogP contribution in [0.5, 0.6) is 0 Å². The van der Waals surface area contributed by atoms with E-state index in [-0.39, 0.29) is 12.3 Å². The predicted octanol–water partition coefficient (Wildman–Crippen LogP) is 3.99. The third-order valence-electron chi connectivity index (χ3n) is 2.84. The maximum atomic E-state index is 11.7. The molecule has 0 atom stereocenters. The second-order valence-electron chi connectivity index (χ2n) is 4.62. The van der Waals surface area contributed by atoms with E-state index in [4.69, 9.17) is 23.2 Å². The number of nitrogens with zero attached hydrogens (tertiary/aromatic N) is 1. The van der Waals surface area contributed by atoms with Crippen LogP contribution in [-0.4, -0.2) is 12.1 Å². The first-order chi connectivity index (χ1) is 10.0. The molecule has 2 aromatic carbocycles. The summed E-state index contributed by atoms with van der Waals surface area (Å²) in [5, 5.41) is 4.93. The number of hydrogen-bond acceptors (Lipinski definition) is 2. The summed E-state index contributed by atoms with van der Waals surface area (Å²) in [6, 6.07) is 12.9. The molecule has 2 aromatic rings. The molecule has 0 aliphatic heterocycles. The van der Waals surface area contributed by atoms with Crippen molar-refractivity contribution in [1.29, 1.82) is 0 Å². The van der Waals surface area contributed by atoms with E-state index in [0.717, 1.165) is 11.1 Å². The highest BCUT2D eigenvalue weighted by molar-refractivity contribution is 6.36. The highest BCUT2D eigenvalue weighted by Crippen LogP contribution is 2.19. The average molecular weight is 321 g/mol. The van der Waals surface area contributed by atoms with Crippen molar-refractivity contribution in [1.82, 2.24) is 5.43 Å². The fourth-order valence-corrected chi connectivity index (χ4v) is 2.17. The predicted molar refractivity (Wildman–Crippen MR) is 87.1 cm³/mol. The molecule has 0 aliphatic rings. The number of aryl methyl sites for hydroxylation is 1. The fraction of sp³-hybridized carbons (Fsp3) is 0.125. The van der Waals surface area contributed by atoms with Crippen LogP contribution in [0.2, 0.25) is 10.0 Å². The van der Waals surface area contributed by atoms with Crippen LogP contribution in [-0.2, 0) is 11.2 Å². The molecule has 0 fully saturated rings. The number of benzene rings is 2. The maximum absolute atomic E-state index is 11.7.